The lowest BCUT2D eigenvalue weighted by Gasteiger charge is -2.48. The van der Waals surface area contributed by atoms with Crippen molar-refractivity contribution in [3.8, 4) is 0 Å². The molecule has 4 aliphatic rings. The van der Waals surface area contributed by atoms with E-state index >= 15 is 0 Å². The van der Waals surface area contributed by atoms with Gasteiger partial charge in [-0.15, -0.1) is 0 Å². The van der Waals surface area contributed by atoms with E-state index < -0.39 is 47.6 Å². The molecule has 1 amide bonds. The van der Waals surface area contributed by atoms with Crippen molar-refractivity contribution >= 4 is 18.0 Å². The highest BCUT2D eigenvalue weighted by Gasteiger charge is 2.76. The number of nitrogens with zero attached hydrogens (tertiary/aromatic N) is 1. The zero-order chi connectivity index (χ0) is 31.2. The van der Waals surface area contributed by atoms with E-state index in [9.17, 15) is 14.7 Å². The Balaban J connectivity index is 1.48. The van der Waals surface area contributed by atoms with E-state index in [0.717, 1.165) is 62.5 Å². The van der Waals surface area contributed by atoms with Gasteiger partial charge in [-0.2, -0.15) is 5.06 Å². The zero-order valence-electron chi connectivity index (χ0n) is 25.9. The van der Waals surface area contributed by atoms with Gasteiger partial charge in [-0.1, -0.05) is 63.8 Å². The SMILES string of the molecule is CCCCCC1(CCCCC)O[C@@H]2[C@H](O1)[C@H]1ON(Cc3ccccc3C=COCCO)[C@@H]3C(=O)O[C@@H]2C[C@]13C(=O)NCCO. The molecular weight excluding hydrogens is 568 g/mol. The molecule has 1 saturated carbocycles. The van der Waals surface area contributed by atoms with E-state index in [0.29, 0.717) is 0 Å². The molecule has 1 aromatic carbocycles. The fourth-order valence-corrected chi connectivity index (χ4v) is 7.28. The summed E-state index contributed by atoms with van der Waals surface area (Å²) in [6.45, 7) is 4.45. The molecule has 44 heavy (non-hydrogen) atoms. The average molecular weight is 617 g/mol. The number of amides is 1. The first kappa shape index (κ1) is 32.8. The Kier molecular flexibility index (Phi) is 11.0. The van der Waals surface area contributed by atoms with Crippen molar-refractivity contribution in [2.45, 2.75) is 114 Å². The first-order chi connectivity index (χ1) is 21.4. The number of ether oxygens (including phenoxy) is 4. The number of hydrogen-bond donors (Lipinski definition) is 3. The van der Waals surface area contributed by atoms with Crippen LogP contribution in [-0.4, -0.2) is 89.8 Å². The summed E-state index contributed by atoms with van der Waals surface area (Å²) in [7, 11) is 0. The second-order valence-electron chi connectivity index (χ2n) is 12.3. The van der Waals surface area contributed by atoms with E-state index in [1.54, 1.807) is 11.1 Å². The monoisotopic (exact) mass is 616 g/mol. The maximum Gasteiger partial charge on any atom is 0.327 e. The molecule has 244 valence electrons. The number of unbranched alkanes of at least 4 members (excludes halogenated alkanes) is 4. The van der Waals surface area contributed by atoms with Gasteiger partial charge in [0, 0.05) is 25.8 Å². The number of aliphatic hydroxyl groups excluding tert-OH is 2. The first-order valence-electron chi connectivity index (χ1n) is 16.3. The second kappa shape index (κ2) is 14.7. The molecule has 11 nitrogen and oxygen atoms in total. The second-order valence-corrected chi connectivity index (χ2v) is 12.3. The van der Waals surface area contributed by atoms with Crippen molar-refractivity contribution in [1.82, 2.24) is 10.4 Å². The van der Waals surface area contributed by atoms with Gasteiger partial charge in [-0.3, -0.25) is 14.4 Å². The van der Waals surface area contributed by atoms with Crippen LogP contribution in [0.15, 0.2) is 30.5 Å². The molecule has 3 aliphatic heterocycles. The summed E-state index contributed by atoms with van der Waals surface area (Å²) in [5.41, 5.74) is 0.413. The van der Waals surface area contributed by atoms with E-state index in [1.807, 2.05) is 24.3 Å². The Morgan fingerprint density at radius 1 is 1.07 bits per heavy atom. The predicted molar refractivity (Wildman–Crippen MR) is 161 cm³/mol. The van der Waals surface area contributed by atoms with Gasteiger partial charge in [-0.25, -0.2) is 0 Å². The lowest BCUT2D eigenvalue weighted by Crippen LogP contribution is -2.69. The highest BCUT2D eigenvalue weighted by atomic mass is 16.8. The Morgan fingerprint density at radius 2 is 1.80 bits per heavy atom. The minimum Gasteiger partial charge on any atom is -0.499 e. The van der Waals surface area contributed by atoms with Crippen LogP contribution in [0, 0.1) is 5.41 Å². The lowest BCUT2D eigenvalue weighted by atomic mass is 9.62. The summed E-state index contributed by atoms with van der Waals surface area (Å²) in [4.78, 5) is 34.5. The fourth-order valence-electron chi connectivity index (χ4n) is 7.28. The van der Waals surface area contributed by atoms with E-state index in [2.05, 4.69) is 19.2 Å². The van der Waals surface area contributed by atoms with Crippen LogP contribution in [0.3, 0.4) is 0 Å². The van der Waals surface area contributed by atoms with E-state index in [4.69, 9.17) is 28.9 Å². The van der Waals surface area contributed by atoms with Crippen LogP contribution in [-0.2, 0) is 39.9 Å². The van der Waals surface area contributed by atoms with Crippen molar-refractivity contribution in [3.63, 3.8) is 0 Å². The third kappa shape index (κ3) is 6.41. The molecule has 4 fully saturated rings. The standard InChI is InChI=1S/C33H48N2O9/c1-3-5-9-14-32(15-10-6-4-2)42-26-25-21-33(31(39)34-16-17-36)28(30(38)41-25)35(44-29(33)27(26)43-32)22-24-12-8-7-11-23(24)13-19-40-20-18-37/h7-8,11-13,19,25-29,36-37H,3-6,9-10,14-18,20-22H2,1-2H3,(H,34,39)/t25-,26+,27+,28-,29-,33-/m1/s1. The Labute approximate surface area is 259 Å². The van der Waals surface area contributed by atoms with Gasteiger partial charge < -0.3 is 34.5 Å². The molecule has 0 aromatic heterocycles. The number of esters is 1. The third-order valence-electron chi connectivity index (χ3n) is 9.33. The molecule has 0 unspecified atom stereocenters. The number of fused-ring (bicyclic) bond motifs is 4. The Hall–Kier alpha value is -2.54. The molecule has 0 radical (unpaired) electrons. The number of benzene rings is 1. The fraction of sp³-hybridized carbons (Fsp3) is 0.697. The maximum absolute atomic E-state index is 14.1. The van der Waals surface area contributed by atoms with Crippen molar-refractivity contribution in [3.05, 3.63) is 41.7 Å². The molecule has 11 heteroatoms. The number of hydrogen-bond acceptors (Lipinski definition) is 10. The number of nitrogens with one attached hydrogen (secondary N) is 1. The number of carbonyl (C=O) groups excluding carboxylic acids is 2. The van der Waals surface area contributed by atoms with Gasteiger partial charge in [-0.05, 0) is 30.0 Å². The molecule has 0 spiro atoms. The molecule has 3 heterocycles. The molecule has 1 aliphatic carbocycles. The molecular formula is C33H48N2O9. The highest BCUT2D eigenvalue weighted by Crippen LogP contribution is 2.58. The Bertz CT molecular complexity index is 1150. The quantitative estimate of drug-likeness (QED) is 0.136. The molecule has 3 N–H and O–H groups in total. The Morgan fingerprint density at radius 3 is 2.50 bits per heavy atom. The van der Waals surface area contributed by atoms with Crippen LogP contribution in [0.1, 0.15) is 82.8 Å². The van der Waals surface area contributed by atoms with Gasteiger partial charge in [0.1, 0.15) is 36.4 Å². The summed E-state index contributed by atoms with van der Waals surface area (Å²) in [5.74, 6) is -1.71. The van der Waals surface area contributed by atoms with Crippen molar-refractivity contribution in [1.29, 1.82) is 0 Å². The third-order valence-corrected chi connectivity index (χ3v) is 9.33. The van der Waals surface area contributed by atoms with Crippen molar-refractivity contribution < 1.29 is 43.6 Å². The van der Waals surface area contributed by atoms with Gasteiger partial charge in [0.15, 0.2) is 11.8 Å². The van der Waals surface area contributed by atoms with Crippen molar-refractivity contribution in [2.24, 2.45) is 5.41 Å². The average Bonchev–Trinajstić information content (AvgIpc) is 3.57. The van der Waals surface area contributed by atoms with E-state index in [1.165, 1.54) is 6.26 Å². The van der Waals surface area contributed by atoms with Gasteiger partial charge in [0.2, 0.25) is 5.91 Å². The maximum atomic E-state index is 14.1. The summed E-state index contributed by atoms with van der Waals surface area (Å²) in [6.07, 6.45) is 8.53. The van der Waals surface area contributed by atoms with Crippen LogP contribution >= 0.6 is 0 Å². The minimum absolute atomic E-state index is 0.0601. The topological polar surface area (TPSA) is 136 Å². The number of carbonyl (C=O) groups is 2. The van der Waals surface area contributed by atoms with Crippen molar-refractivity contribution in [2.75, 3.05) is 26.4 Å². The minimum atomic E-state index is -1.28. The first-order valence-corrected chi connectivity index (χ1v) is 16.3. The molecule has 3 saturated heterocycles. The number of rotatable bonds is 17. The molecule has 5 rings (SSSR count). The number of hydroxylamine groups is 2. The molecule has 6 atom stereocenters. The largest absolute Gasteiger partial charge is 0.499 e. The molecule has 1 aromatic rings. The predicted octanol–water partition coefficient (Wildman–Crippen LogP) is 3.22. The summed E-state index contributed by atoms with van der Waals surface area (Å²) in [6, 6.07) is 6.63. The summed E-state index contributed by atoms with van der Waals surface area (Å²) >= 11 is 0. The van der Waals surface area contributed by atoms with Crippen LogP contribution in [0.4, 0.5) is 0 Å². The summed E-state index contributed by atoms with van der Waals surface area (Å²) in [5, 5.41) is 23.0. The summed E-state index contributed by atoms with van der Waals surface area (Å²) < 4.78 is 25.0. The zero-order valence-corrected chi connectivity index (χ0v) is 25.9. The van der Waals surface area contributed by atoms with Crippen LogP contribution in [0.2, 0.25) is 0 Å². The normalized spacial score (nSPS) is 30.4. The lowest BCUT2D eigenvalue weighted by molar-refractivity contribution is -0.224. The highest BCUT2D eigenvalue weighted by molar-refractivity contribution is 5.93. The van der Waals surface area contributed by atoms with Crippen LogP contribution < -0.4 is 5.32 Å². The van der Waals surface area contributed by atoms with E-state index in [-0.39, 0.29) is 45.2 Å². The molecule has 2 bridgehead atoms. The van der Waals surface area contributed by atoms with Gasteiger partial charge >= 0.3 is 5.97 Å². The van der Waals surface area contributed by atoms with Gasteiger partial charge in [0.25, 0.3) is 0 Å². The van der Waals surface area contributed by atoms with Crippen LogP contribution in [0.5, 0.6) is 0 Å². The smallest absolute Gasteiger partial charge is 0.327 e. The number of aliphatic hydroxyl groups is 2. The van der Waals surface area contributed by atoms with Gasteiger partial charge in [0.05, 0.1) is 26.0 Å². The van der Waals surface area contributed by atoms with Crippen LogP contribution in [0.25, 0.3) is 6.08 Å².